The molecule has 34 heavy (non-hydrogen) atoms. The first kappa shape index (κ1) is 23.4. The smallest absolute Gasteiger partial charge is 0.338 e. The molecule has 1 N–H and O–H groups in total. The highest BCUT2D eigenvalue weighted by molar-refractivity contribution is 8.01. The van der Waals surface area contributed by atoms with Crippen molar-refractivity contribution in [1.82, 2.24) is 19.8 Å². The number of benzene rings is 2. The lowest BCUT2D eigenvalue weighted by Gasteiger charge is -2.05. The van der Waals surface area contributed by atoms with E-state index < -0.39 is 11.5 Å². The van der Waals surface area contributed by atoms with E-state index >= 15 is 0 Å². The van der Waals surface area contributed by atoms with Crippen LogP contribution in [0.15, 0.2) is 57.7 Å². The van der Waals surface area contributed by atoms with Crippen LogP contribution >= 0.6 is 23.1 Å². The largest absolute Gasteiger partial charge is 0.497 e. The van der Waals surface area contributed by atoms with Crippen LogP contribution in [0.5, 0.6) is 5.75 Å². The van der Waals surface area contributed by atoms with Gasteiger partial charge in [0.05, 0.1) is 25.0 Å². The fraction of sp³-hybridized carbons (Fsp3) is 0.182. The van der Waals surface area contributed by atoms with Crippen molar-refractivity contribution in [2.75, 3.05) is 24.8 Å². The third-order valence-corrected chi connectivity index (χ3v) is 6.57. The minimum absolute atomic E-state index is 0.0764. The first-order valence-electron chi connectivity index (χ1n) is 10.1. The standard InChI is InChI=1S/C22H19N5O5S2/c1-3-32-20(30)14-4-8-15(9-5-14)23-17(28)12-33-22-26-27-19(29)18(24-25-21(27)34-22)13-6-10-16(31-2)11-7-13/h4-11H,3,12H2,1-2H3,(H,23,28). The number of amides is 1. The molecule has 10 nitrogen and oxygen atoms in total. The number of hydrogen-bond donors (Lipinski definition) is 1. The van der Waals surface area contributed by atoms with Gasteiger partial charge in [-0.15, -0.1) is 15.3 Å². The van der Waals surface area contributed by atoms with E-state index in [0.717, 1.165) is 0 Å². The molecule has 2 aromatic carbocycles. The van der Waals surface area contributed by atoms with E-state index in [1.165, 1.54) is 27.6 Å². The average Bonchev–Trinajstić information content (AvgIpc) is 3.28. The predicted octanol–water partition coefficient (Wildman–Crippen LogP) is 3.13. The van der Waals surface area contributed by atoms with Crippen molar-refractivity contribution in [2.24, 2.45) is 0 Å². The Hall–Kier alpha value is -3.77. The fourth-order valence-electron chi connectivity index (χ4n) is 2.91. The highest BCUT2D eigenvalue weighted by Crippen LogP contribution is 2.24. The van der Waals surface area contributed by atoms with Crippen LogP contribution in [0.1, 0.15) is 17.3 Å². The van der Waals surface area contributed by atoms with Crippen molar-refractivity contribution >= 4 is 45.6 Å². The minimum Gasteiger partial charge on any atom is -0.497 e. The SMILES string of the molecule is CCOC(=O)c1ccc(NC(=O)CSc2nn3c(=O)c(-c4ccc(OC)cc4)nnc3s2)cc1. The van der Waals surface area contributed by atoms with E-state index in [1.807, 2.05) is 0 Å². The maximum absolute atomic E-state index is 12.8. The van der Waals surface area contributed by atoms with Gasteiger partial charge < -0.3 is 14.8 Å². The molecular formula is C22H19N5O5S2. The van der Waals surface area contributed by atoms with Crippen LogP contribution in [0.3, 0.4) is 0 Å². The number of carbonyl (C=O) groups is 2. The van der Waals surface area contributed by atoms with Gasteiger partial charge in [-0.2, -0.15) is 4.52 Å². The van der Waals surface area contributed by atoms with Crippen molar-refractivity contribution in [3.8, 4) is 17.0 Å². The molecule has 0 saturated carbocycles. The number of carbonyl (C=O) groups excluding carboxylic acids is 2. The van der Waals surface area contributed by atoms with Gasteiger partial charge in [0.2, 0.25) is 10.9 Å². The van der Waals surface area contributed by atoms with Crippen molar-refractivity contribution in [3.63, 3.8) is 0 Å². The number of anilines is 1. The van der Waals surface area contributed by atoms with Gasteiger partial charge in [0.1, 0.15) is 5.75 Å². The van der Waals surface area contributed by atoms with Gasteiger partial charge in [-0.3, -0.25) is 9.59 Å². The van der Waals surface area contributed by atoms with Crippen molar-refractivity contribution in [2.45, 2.75) is 11.3 Å². The monoisotopic (exact) mass is 497 g/mol. The first-order valence-corrected chi connectivity index (χ1v) is 11.9. The van der Waals surface area contributed by atoms with Gasteiger partial charge in [0.15, 0.2) is 10.0 Å². The molecule has 0 spiro atoms. The van der Waals surface area contributed by atoms with Crippen LogP contribution in [0, 0.1) is 0 Å². The van der Waals surface area contributed by atoms with E-state index in [9.17, 15) is 14.4 Å². The maximum atomic E-state index is 12.8. The van der Waals surface area contributed by atoms with Gasteiger partial charge >= 0.3 is 11.5 Å². The summed E-state index contributed by atoms with van der Waals surface area (Å²) in [6.45, 7) is 2.03. The molecule has 0 fully saturated rings. The highest BCUT2D eigenvalue weighted by Gasteiger charge is 2.15. The number of aromatic nitrogens is 4. The van der Waals surface area contributed by atoms with Crippen LogP contribution in [0.4, 0.5) is 5.69 Å². The molecular weight excluding hydrogens is 478 g/mol. The second-order valence-electron chi connectivity index (χ2n) is 6.78. The molecule has 1 amide bonds. The van der Waals surface area contributed by atoms with Crippen LogP contribution < -0.4 is 15.6 Å². The maximum Gasteiger partial charge on any atom is 0.338 e. The highest BCUT2D eigenvalue weighted by atomic mass is 32.2. The number of hydrogen-bond acceptors (Lipinski definition) is 10. The second-order valence-corrected chi connectivity index (χ2v) is 8.96. The zero-order chi connectivity index (χ0) is 24.1. The Morgan fingerprint density at radius 1 is 1.09 bits per heavy atom. The van der Waals surface area contributed by atoms with E-state index in [0.29, 0.717) is 38.5 Å². The normalized spacial score (nSPS) is 10.8. The number of nitrogens with one attached hydrogen (secondary N) is 1. The van der Waals surface area contributed by atoms with E-state index in [4.69, 9.17) is 9.47 Å². The Morgan fingerprint density at radius 3 is 2.50 bits per heavy atom. The zero-order valence-corrected chi connectivity index (χ0v) is 19.8. The second kappa shape index (κ2) is 10.4. The predicted molar refractivity (Wildman–Crippen MR) is 129 cm³/mol. The molecule has 0 saturated heterocycles. The number of rotatable bonds is 8. The Labute approximate surface area is 201 Å². The van der Waals surface area contributed by atoms with Gasteiger partial charge in [-0.05, 0) is 55.5 Å². The van der Waals surface area contributed by atoms with Crippen LogP contribution in [-0.4, -0.2) is 51.2 Å². The molecule has 174 valence electrons. The molecule has 0 unspecified atom stereocenters. The summed E-state index contributed by atoms with van der Waals surface area (Å²) in [6, 6.07) is 13.3. The molecule has 0 bridgehead atoms. The molecule has 0 aliphatic carbocycles. The van der Waals surface area contributed by atoms with Crippen LogP contribution in [-0.2, 0) is 9.53 Å². The topological polar surface area (TPSA) is 125 Å². The molecule has 0 aliphatic heterocycles. The third kappa shape index (κ3) is 5.24. The number of nitrogens with zero attached hydrogens (tertiary/aromatic N) is 4. The average molecular weight is 498 g/mol. The quantitative estimate of drug-likeness (QED) is 0.289. The Kier molecular flexibility index (Phi) is 7.18. The van der Waals surface area contributed by atoms with Gasteiger partial charge in [-0.1, -0.05) is 23.1 Å². The van der Waals surface area contributed by atoms with Crippen molar-refractivity contribution < 1.29 is 19.1 Å². The number of ether oxygens (including phenoxy) is 2. The first-order chi connectivity index (χ1) is 16.5. The molecule has 0 atom stereocenters. The summed E-state index contributed by atoms with van der Waals surface area (Å²) in [5.74, 6) is 0.0664. The lowest BCUT2D eigenvalue weighted by Crippen LogP contribution is -2.19. The summed E-state index contributed by atoms with van der Waals surface area (Å²) in [5, 5.41) is 15.2. The molecule has 4 aromatic rings. The summed E-state index contributed by atoms with van der Waals surface area (Å²) in [7, 11) is 1.56. The van der Waals surface area contributed by atoms with Crippen LogP contribution in [0.2, 0.25) is 0 Å². The zero-order valence-electron chi connectivity index (χ0n) is 18.2. The number of esters is 1. The van der Waals surface area contributed by atoms with Crippen LogP contribution in [0.25, 0.3) is 16.2 Å². The number of methoxy groups -OCH3 is 1. The molecule has 2 aromatic heterocycles. The lowest BCUT2D eigenvalue weighted by molar-refractivity contribution is -0.113. The third-order valence-electron chi connectivity index (χ3n) is 4.54. The summed E-state index contributed by atoms with van der Waals surface area (Å²) in [5.41, 5.74) is 1.33. The summed E-state index contributed by atoms with van der Waals surface area (Å²) < 4.78 is 11.8. The summed E-state index contributed by atoms with van der Waals surface area (Å²) in [6.07, 6.45) is 0. The molecule has 0 radical (unpaired) electrons. The van der Waals surface area contributed by atoms with Gasteiger partial charge in [0, 0.05) is 11.3 Å². The molecule has 4 rings (SSSR count). The Bertz CT molecular complexity index is 1380. The molecule has 12 heteroatoms. The molecule has 0 aliphatic rings. The minimum atomic E-state index is -0.416. The lowest BCUT2D eigenvalue weighted by atomic mass is 10.1. The van der Waals surface area contributed by atoms with Gasteiger partial charge in [0.25, 0.3) is 0 Å². The van der Waals surface area contributed by atoms with E-state index in [1.54, 1.807) is 62.6 Å². The van der Waals surface area contributed by atoms with Gasteiger partial charge in [-0.25, -0.2) is 4.79 Å². The number of fused-ring (bicyclic) bond motifs is 1. The fourth-order valence-corrected chi connectivity index (χ4v) is 4.59. The summed E-state index contributed by atoms with van der Waals surface area (Å²) in [4.78, 5) is 37.2. The molecule has 2 heterocycles. The van der Waals surface area contributed by atoms with E-state index in [-0.39, 0.29) is 17.4 Å². The number of thioether (sulfide) groups is 1. The summed E-state index contributed by atoms with van der Waals surface area (Å²) >= 11 is 2.35. The van der Waals surface area contributed by atoms with Crippen molar-refractivity contribution in [1.29, 1.82) is 0 Å². The Morgan fingerprint density at radius 2 is 1.82 bits per heavy atom. The Balaban J connectivity index is 1.41. The van der Waals surface area contributed by atoms with Crippen molar-refractivity contribution in [3.05, 3.63) is 64.4 Å². The van der Waals surface area contributed by atoms with E-state index in [2.05, 4.69) is 20.6 Å².